The molecule has 0 aliphatic heterocycles. The van der Waals surface area contributed by atoms with Crippen molar-refractivity contribution in [3.8, 4) is 0 Å². The Morgan fingerprint density at radius 1 is 1.19 bits per heavy atom. The molecule has 0 saturated heterocycles. The van der Waals surface area contributed by atoms with Gasteiger partial charge in [0, 0.05) is 18.5 Å². The number of nitrogens with zero attached hydrogens (tertiary/aromatic N) is 2. The van der Waals surface area contributed by atoms with Crippen molar-refractivity contribution in [2.75, 3.05) is 13.1 Å². The van der Waals surface area contributed by atoms with E-state index in [9.17, 15) is 9.59 Å². The number of amides is 2. The summed E-state index contributed by atoms with van der Waals surface area (Å²) in [6, 6.07) is 7.04. The Balaban J connectivity index is 2.14. The SMILES string of the molecule is CC(C)CNC(=O)c1csc(CN(CC(C)C)C(=O)c2ccccc2Cl)n1. The molecule has 0 bridgehead atoms. The maximum absolute atomic E-state index is 13.0. The first-order valence-electron chi connectivity index (χ1n) is 9.04. The number of hydrogen-bond donors (Lipinski definition) is 1. The fourth-order valence-electron chi connectivity index (χ4n) is 2.50. The van der Waals surface area contributed by atoms with Gasteiger partial charge in [0.1, 0.15) is 10.7 Å². The molecule has 2 rings (SSSR count). The first-order valence-corrected chi connectivity index (χ1v) is 10.3. The maximum Gasteiger partial charge on any atom is 0.270 e. The minimum atomic E-state index is -0.181. The van der Waals surface area contributed by atoms with E-state index >= 15 is 0 Å². The number of hydrogen-bond acceptors (Lipinski definition) is 4. The molecule has 1 aromatic carbocycles. The highest BCUT2D eigenvalue weighted by Crippen LogP contribution is 2.20. The van der Waals surface area contributed by atoms with Gasteiger partial charge in [0.05, 0.1) is 17.1 Å². The molecule has 0 saturated carbocycles. The predicted molar refractivity (Wildman–Crippen MR) is 110 cm³/mol. The largest absolute Gasteiger partial charge is 0.350 e. The van der Waals surface area contributed by atoms with Gasteiger partial charge in [-0.3, -0.25) is 9.59 Å². The second-order valence-corrected chi connectivity index (χ2v) is 8.64. The highest BCUT2D eigenvalue weighted by atomic mass is 35.5. The standard InChI is InChI=1S/C20H26ClN3O2S/c1-13(2)9-22-19(25)17-12-27-18(23-17)11-24(10-14(3)4)20(26)15-7-5-6-8-16(15)21/h5-8,12-14H,9-11H2,1-4H3,(H,22,25). The van der Waals surface area contributed by atoms with Crippen LogP contribution in [0.2, 0.25) is 5.02 Å². The van der Waals surface area contributed by atoms with Crippen LogP contribution >= 0.6 is 22.9 Å². The van der Waals surface area contributed by atoms with E-state index in [1.54, 1.807) is 34.5 Å². The van der Waals surface area contributed by atoms with Crippen LogP contribution in [-0.4, -0.2) is 34.8 Å². The van der Waals surface area contributed by atoms with Gasteiger partial charge < -0.3 is 10.2 Å². The number of carbonyl (C=O) groups excluding carboxylic acids is 2. The minimum Gasteiger partial charge on any atom is -0.350 e. The molecule has 1 heterocycles. The molecular weight excluding hydrogens is 382 g/mol. The summed E-state index contributed by atoms with van der Waals surface area (Å²) >= 11 is 7.58. The summed E-state index contributed by atoms with van der Waals surface area (Å²) < 4.78 is 0. The molecule has 0 aliphatic rings. The number of benzene rings is 1. The third-order valence-corrected chi connectivity index (χ3v) is 4.92. The zero-order chi connectivity index (χ0) is 20.0. The molecule has 0 aliphatic carbocycles. The highest BCUT2D eigenvalue weighted by molar-refractivity contribution is 7.09. The Hall–Kier alpha value is -1.92. The number of aromatic nitrogens is 1. The molecule has 0 spiro atoms. The van der Waals surface area contributed by atoms with Crippen molar-refractivity contribution in [2.45, 2.75) is 34.2 Å². The van der Waals surface area contributed by atoms with E-state index in [0.29, 0.717) is 47.8 Å². The van der Waals surface area contributed by atoms with Crippen molar-refractivity contribution in [2.24, 2.45) is 11.8 Å². The highest BCUT2D eigenvalue weighted by Gasteiger charge is 2.21. The lowest BCUT2D eigenvalue weighted by atomic mass is 10.1. The van der Waals surface area contributed by atoms with Crippen LogP contribution in [0.1, 0.15) is 53.5 Å². The molecule has 7 heteroatoms. The van der Waals surface area contributed by atoms with Gasteiger partial charge in [0.2, 0.25) is 0 Å². The average Bonchev–Trinajstić information content (AvgIpc) is 3.07. The molecule has 2 amide bonds. The third kappa shape index (κ3) is 6.33. The van der Waals surface area contributed by atoms with E-state index < -0.39 is 0 Å². The van der Waals surface area contributed by atoms with Crippen molar-refractivity contribution in [3.05, 3.63) is 50.9 Å². The molecule has 0 radical (unpaired) electrons. The van der Waals surface area contributed by atoms with Crippen LogP contribution in [0, 0.1) is 11.8 Å². The molecule has 0 fully saturated rings. The number of nitrogens with one attached hydrogen (secondary N) is 1. The van der Waals surface area contributed by atoms with Crippen molar-refractivity contribution >= 4 is 34.8 Å². The molecule has 1 aromatic heterocycles. The van der Waals surface area contributed by atoms with Gasteiger partial charge in [-0.15, -0.1) is 11.3 Å². The summed E-state index contributed by atoms with van der Waals surface area (Å²) in [4.78, 5) is 31.3. The van der Waals surface area contributed by atoms with Gasteiger partial charge >= 0.3 is 0 Å². The van der Waals surface area contributed by atoms with Gasteiger partial charge in [-0.25, -0.2) is 4.98 Å². The Bertz CT molecular complexity index is 789. The van der Waals surface area contributed by atoms with Crippen molar-refractivity contribution in [1.82, 2.24) is 15.2 Å². The van der Waals surface area contributed by atoms with Crippen LogP contribution in [0.5, 0.6) is 0 Å². The molecule has 27 heavy (non-hydrogen) atoms. The van der Waals surface area contributed by atoms with E-state index in [0.717, 1.165) is 5.01 Å². The average molecular weight is 408 g/mol. The molecule has 1 N–H and O–H groups in total. The summed E-state index contributed by atoms with van der Waals surface area (Å²) in [5, 5.41) is 5.76. The number of rotatable bonds is 8. The quantitative estimate of drug-likeness (QED) is 0.701. The lowest BCUT2D eigenvalue weighted by Crippen LogP contribution is -2.34. The number of thiazole rings is 1. The first kappa shape index (κ1) is 21.4. The van der Waals surface area contributed by atoms with Gasteiger partial charge in [-0.2, -0.15) is 0 Å². The van der Waals surface area contributed by atoms with Gasteiger partial charge in [-0.05, 0) is 24.0 Å². The van der Waals surface area contributed by atoms with E-state index in [4.69, 9.17) is 11.6 Å². The smallest absolute Gasteiger partial charge is 0.270 e. The summed E-state index contributed by atoms with van der Waals surface area (Å²) in [6.07, 6.45) is 0. The maximum atomic E-state index is 13.0. The van der Waals surface area contributed by atoms with Crippen LogP contribution in [0.3, 0.4) is 0 Å². The summed E-state index contributed by atoms with van der Waals surface area (Å²) in [7, 11) is 0. The molecule has 0 unspecified atom stereocenters. The Morgan fingerprint density at radius 2 is 1.89 bits per heavy atom. The third-order valence-electron chi connectivity index (χ3n) is 3.76. The zero-order valence-corrected chi connectivity index (χ0v) is 17.7. The number of carbonyl (C=O) groups is 2. The lowest BCUT2D eigenvalue weighted by molar-refractivity contribution is 0.0722. The van der Waals surface area contributed by atoms with Crippen molar-refractivity contribution in [1.29, 1.82) is 0 Å². The van der Waals surface area contributed by atoms with Gasteiger partial charge in [-0.1, -0.05) is 51.4 Å². The number of halogens is 1. The van der Waals surface area contributed by atoms with Crippen LogP contribution in [0.15, 0.2) is 29.6 Å². The van der Waals surface area contributed by atoms with Crippen molar-refractivity contribution < 1.29 is 9.59 Å². The summed E-state index contributed by atoms with van der Waals surface area (Å²) in [5.41, 5.74) is 0.872. The molecule has 2 aromatic rings. The normalized spacial score (nSPS) is 11.1. The summed E-state index contributed by atoms with van der Waals surface area (Å²) in [5.74, 6) is 0.362. The first-order chi connectivity index (χ1) is 12.8. The van der Waals surface area contributed by atoms with Crippen LogP contribution in [-0.2, 0) is 6.54 Å². The lowest BCUT2D eigenvalue weighted by Gasteiger charge is -2.24. The van der Waals surface area contributed by atoms with Crippen LogP contribution in [0.4, 0.5) is 0 Å². The minimum absolute atomic E-state index is 0.129. The molecule has 0 atom stereocenters. The van der Waals surface area contributed by atoms with Crippen LogP contribution in [0.25, 0.3) is 0 Å². The second-order valence-electron chi connectivity index (χ2n) is 7.29. The van der Waals surface area contributed by atoms with E-state index in [1.165, 1.54) is 11.3 Å². The van der Waals surface area contributed by atoms with E-state index in [2.05, 4.69) is 24.1 Å². The Labute approximate surface area is 169 Å². The molecular formula is C20H26ClN3O2S. The second kappa shape index (κ2) is 9.85. The zero-order valence-electron chi connectivity index (χ0n) is 16.2. The van der Waals surface area contributed by atoms with Gasteiger partial charge in [0.15, 0.2) is 0 Å². The van der Waals surface area contributed by atoms with E-state index in [1.807, 2.05) is 13.8 Å². The fraction of sp³-hybridized carbons (Fsp3) is 0.450. The van der Waals surface area contributed by atoms with Crippen molar-refractivity contribution in [3.63, 3.8) is 0 Å². The Morgan fingerprint density at radius 3 is 2.52 bits per heavy atom. The van der Waals surface area contributed by atoms with Crippen LogP contribution < -0.4 is 5.32 Å². The summed E-state index contributed by atoms with van der Waals surface area (Å²) in [6.45, 7) is 9.73. The van der Waals surface area contributed by atoms with Gasteiger partial charge in [0.25, 0.3) is 11.8 Å². The molecule has 5 nitrogen and oxygen atoms in total. The van der Waals surface area contributed by atoms with E-state index in [-0.39, 0.29) is 11.8 Å². The molecule has 146 valence electrons. The monoisotopic (exact) mass is 407 g/mol. The fourth-order valence-corrected chi connectivity index (χ4v) is 3.51. The predicted octanol–water partition coefficient (Wildman–Crippen LogP) is 4.48. The topological polar surface area (TPSA) is 62.3 Å². The Kier molecular flexibility index (Phi) is 7.80.